The maximum atomic E-state index is 11.9. The Morgan fingerprint density at radius 1 is 1.33 bits per heavy atom. The summed E-state index contributed by atoms with van der Waals surface area (Å²) in [5.74, 6) is -0.859. The van der Waals surface area contributed by atoms with Gasteiger partial charge in [-0.05, 0) is 18.6 Å². The van der Waals surface area contributed by atoms with Gasteiger partial charge >= 0.3 is 0 Å². The van der Waals surface area contributed by atoms with Crippen LogP contribution >= 0.6 is 11.3 Å². The van der Waals surface area contributed by atoms with Crippen molar-refractivity contribution < 1.29 is 4.79 Å². The Morgan fingerprint density at radius 2 is 2.05 bits per heavy atom. The predicted octanol–water partition coefficient (Wildman–Crippen LogP) is 3.66. The van der Waals surface area contributed by atoms with Crippen molar-refractivity contribution in [1.82, 2.24) is 4.98 Å². The third-order valence-electron chi connectivity index (χ3n) is 3.03. The normalized spacial score (nSPS) is 11.4. The highest BCUT2D eigenvalue weighted by Crippen LogP contribution is 2.27. The van der Waals surface area contributed by atoms with Crippen LogP contribution in [0.3, 0.4) is 0 Å². The lowest BCUT2D eigenvalue weighted by Crippen LogP contribution is -2.09. The Hall–Kier alpha value is -2.50. The van der Waals surface area contributed by atoms with Crippen molar-refractivity contribution in [2.24, 2.45) is 0 Å². The average molecular weight is 295 g/mol. The van der Waals surface area contributed by atoms with Gasteiger partial charge in [0.15, 0.2) is 11.7 Å². The first-order valence-electron chi connectivity index (χ1n) is 6.58. The molecule has 0 saturated heterocycles. The first-order valence-corrected chi connectivity index (χ1v) is 7.45. The molecule has 21 heavy (non-hydrogen) atoms. The molecule has 0 bridgehead atoms. The summed E-state index contributed by atoms with van der Waals surface area (Å²) in [6.07, 6.45) is 1.12. The number of carbonyl (C=O) groups excluding carboxylic acids is 1. The van der Waals surface area contributed by atoms with Crippen LogP contribution in [-0.2, 0) is 4.79 Å². The fourth-order valence-electron chi connectivity index (χ4n) is 1.92. The van der Waals surface area contributed by atoms with E-state index in [4.69, 9.17) is 5.26 Å². The molecule has 0 N–H and O–H groups in total. The highest BCUT2D eigenvalue weighted by atomic mass is 32.1. The highest BCUT2D eigenvalue weighted by Gasteiger charge is 2.22. The minimum absolute atomic E-state index is 0.0827. The Balaban J connectivity index is 2.26. The van der Waals surface area contributed by atoms with Crippen molar-refractivity contribution in [3.63, 3.8) is 0 Å². The standard InChI is InChI=1S/C16H13N3OS/c1-2-3-15(20)13(9-18)16-19-14(10-21-16)12-6-4-11(8-17)5-7-12/h4-7,10,13H,2-3H2,1H3/t13-/m1/s1. The van der Waals surface area contributed by atoms with Crippen molar-refractivity contribution in [2.45, 2.75) is 25.7 Å². The number of nitriles is 2. The lowest BCUT2D eigenvalue weighted by Gasteiger charge is -2.03. The van der Waals surface area contributed by atoms with Gasteiger partial charge in [0.25, 0.3) is 0 Å². The molecular weight excluding hydrogens is 282 g/mol. The van der Waals surface area contributed by atoms with Gasteiger partial charge < -0.3 is 0 Å². The first-order chi connectivity index (χ1) is 10.2. The SMILES string of the molecule is CCCC(=O)[C@@H](C#N)c1nc(-c2ccc(C#N)cc2)cs1. The fraction of sp³-hybridized carbons (Fsp3) is 0.250. The molecule has 2 aromatic rings. The van der Waals surface area contributed by atoms with E-state index in [2.05, 4.69) is 11.1 Å². The summed E-state index contributed by atoms with van der Waals surface area (Å²) in [6.45, 7) is 1.91. The van der Waals surface area contributed by atoms with Gasteiger partial charge in [-0.25, -0.2) is 4.98 Å². The molecule has 1 aromatic heterocycles. The molecule has 5 heteroatoms. The number of aromatic nitrogens is 1. The maximum absolute atomic E-state index is 11.9. The molecule has 2 rings (SSSR count). The first kappa shape index (κ1) is 14.9. The monoisotopic (exact) mass is 295 g/mol. The minimum atomic E-state index is -0.776. The van der Waals surface area contributed by atoms with E-state index in [-0.39, 0.29) is 5.78 Å². The highest BCUT2D eigenvalue weighted by molar-refractivity contribution is 7.10. The molecule has 104 valence electrons. The second kappa shape index (κ2) is 6.78. The largest absolute Gasteiger partial charge is 0.298 e. The third kappa shape index (κ3) is 3.34. The second-order valence-electron chi connectivity index (χ2n) is 4.54. The van der Waals surface area contributed by atoms with E-state index in [0.29, 0.717) is 17.0 Å². The number of Topliss-reactive ketones (excluding diaryl/α,β-unsaturated/α-hetero) is 1. The Bertz CT molecular complexity index is 719. The van der Waals surface area contributed by atoms with Crippen LogP contribution in [0.5, 0.6) is 0 Å². The van der Waals surface area contributed by atoms with E-state index in [1.807, 2.05) is 30.5 Å². The molecule has 0 aliphatic rings. The molecule has 0 aliphatic carbocycles. The van der Waals surface area contributed by atoms with Crippen LogP contribution in [0.15, 0.2) is 29.6 Å². The molecule has 0 spiro atoms. The molecular formula is C16H13N3OS. The van der Waals surface area contributed by atoms with Gasteiger partial charge in [0.1, 0.15) is 5.01 Å². The van der Waals surface area contributed by atoms with Crippen LogP contribution in [0.4, 0.5) is 0 Å². The number of thiazole rings is 1. The third-order valence-corrected chi connectivity index (χ3v) is 3.94. The number of nitrogens with zero attached hydrogens (tertiary/aromatic N) is 3. The number of carbonyl (C=O) groups is 1. The van der Waals surface area contributed by atoms with Gasteiger partial charge in [-0.3, -0.25) is 4.79 Å². The van der Waals surface area contributed by atoms with Gasteiger partial charge in [0, 0.05) is 17.4 Å². The molecule has 0 amide bonds. The molecule has 0 saturated carbocycles. The van der Waals surface area contributed by atoms with E-state index >= 15 is 0 Å². The van der Waals surface area contributed by atoms with Crippen molar-refractivity contribution >= 4 is 17.1 Å². The smallest absolute Gasteiger partial charge is 0.156 e. The summed E-state index contributed by atoms with van der Waals surface area (Å²) in [4.78, 5) is 16.3. The van der Waals surface area contributed by atoms with Crippen LogP contribution in [0, 0.1) is 22.7 Å². The van der Waals surface area contributed by atoms with Crippen molar-refractivity contribution in [2.75, 3.05) is 0 Å². The summed E-state index contributed by atoms with van der Waals surface area (Å²) in [5, 5.41) is 20.3. The zero-order valence-corrected chi connectivity index (χ0v) is 12.4. The van der Waals surface area contributed by atoms with E-state index in [0.717, 1.165) is 17.7 Å². The Kier molecular flexibility index (Phi) is 4.81. The zero-order chi connectivity index (χ0) is 15.2. The minimum Gasteiger partial charge on any atom is -0.298 e. The second-order valence-corrected chi connectivity index (χ2v) is 5.43. The topological polar surface area (TPSA) is 77.5 Å². The van der Waals surface area contributed by atoms with E-state index < -0.39 is 5.92 Å². The van der Waals surface area contributed by atoms with E-state index in [9.17, 15) is 10.1 Å². The predicted molar refractivity (Wildman–Crippen MR) is 80.5 cm³/mol. The molecule has 1 heterocycles. The molecule has 0 aliphatic heterocycles. The number of rotatable bonds is 5. The van der Waals surface area contributed by atoms with Crippen LogP contribution in [0.1, 0.15) is 36.3 Å². The Morgan fingerprint density at radius 3 is 2.62 bits per heavy atom. The van der Waals surface area contributed by atoms with E-state index in [1.165, 1.54) is 11.3 Å². The lowest BCUT2D eigenvalue weighted by atomic mass is 10.0. The van der Waals surface area contributed by atoms with E-state index in [1.54, 1.807) is 12.1 Å². The van der Waals surface area contributed by atoms with Crippen LogP contribution in [-0.4, -0.2) is 10.8 Å². The van der Waals surface area contributed by atoms with Gasteiger partial charge in [-0.1, -0.05) is 19.1 Å². The van der Waals surface area contributed by atoms with Crippen LogP contribution in [0.25, 0.3) is 11.3 Å². The van der Waals surface area contributed by atoms with Crippen LogP contribution in [0.2, 0.25) is 0 Å². The molecule has 1 atom stereocenters. The molecule has 4 nitrogen and oxygen atoms in total. The molecule has 0 fully saturated rings. The van der Waals surface area contributed by atoms with Crippen LogP contribution < -0.4 is 0 Å². The van der Waals surface area contributed by atoms with Crippen molar-refractivity contribution in [1.29, 1.82) is 10.5 Å². The maximum Gasteiger partial charge on any atom is 0.156 e. The van der Waals surface area contributed by atoms with Crippen molar-refractivity contribution in [3.05, 3.63) is 40.2 Å². The lowest BCUT2D eigenvalue weighted by molar-refractivity contribution is -0.119. The molecule has 0 radical (unpaired) electrons. The summed E-state index contributed by atoms with van der Waals surface area (Å²) in [7, 11) is 0. The molecule has 1 aromatic carbocycles. The Labute approximate surface area is 127 Å². The van der Waals surface area contributed by atoms with Gasteiger partial charge in [-0.2, -0.15) is 10.5 Å². The molecule has 0 unspecified atom stereocenters. The summed E-state index contributed by atoms with van der Waals surface area (Å²) < 4.78 is 0. The number of benzene rings is 1. The zero-order valence-electron chi connectivity index (χ0n) is 11.5. The summed E-state index contributed by atoms with van der Waals surface area (Å²) in [5.41, 5.74) is 2.18. The quantitative estimate of drug-likeness (QED) is 0.843. The number of hydrogen-bond donors (Lipinski definition) is 0. The van der Waals surface area contributed by atoms with Gasteiger partial charge in [-0.15, -0.1) is 11.3 Å². The number of hydrogen-bond acceptors (Lipinski definition) is 5. The number of ketones is 1. The summed E-state index contributed by atoms with van der Waals surface area (Å²) in [6, 6.07) is 11.2. The average Bonchev–Trinajstić information content (AvgIpc) is 2.98. The van der Waals surface area contributed by atoms with Gasteiger partial charge in [0.05, 0.1) is 23.4 Å². The fourth-order valence-corrected chi connectivity index (χ4v) is 2.82. The summed E-state index contributed by atoms with van der Waals surface area (Å²) >= 11 is 1.32. The van der Waals surface area contributed by atoms with Crippen molar-refractivity contribution in [3.8, 4) is 23.4 Å². The van der Waals surface area contributed by atoms with Gasteiger partial charge in [0.2, 0.25) is 0 Å².